The lowest BCUT2D eigenvalue weighted by Gasteiger charge is -2.08. The van der Waals surface area contributed by atoms with E-state index in [0.29, 0.717) is 22.8 Å². The van der Waals surface area contributed by atoms with Crippen LogP contribution in [0.4, 0.5) is 18.9 Å². The van der Waals surface area contributed by atoms with Crippen LogP contribution in [-0.4, -0.2) is 15.7 Å². The molecule has 34 heavy (non-hydrogen) atoms. The van der Waals surface area contributed by atoms with E-state index < -0.39 is 17.6 Å². The summed E-state index contributed by atoms with van der Waals surface area (Å²) in [6, 6.07) is 16.0. The lowest BCUT2D eigenvalue weighted by atomic mass is 10.1. The molecule has 0 aliphatic carbocycles. The van der Waals surface area contributed by atoms with Crippen LogP contribution in [0.15, 0.2) is 77.5 Å². The Kier molecular flexibility index (Phi) is 6.72. The van der Waals surface area contributed by atoms with Crippen LogP contribution in [0.2, 0.25) is 0 Å². The van der Waals surface area contributed by atoms with Gasteiger partial charge < -0.3 is 14.5 Å². The van der Waals surface area contributed by atoms with Crippen LogP contribution in [0.5, 0.6) is 5.75 Å². The molecule has 2 aromatic carbocycles. The molecule has 2 heterocycles. The Labute approximate surface area is 194 Å². The van der Waals surface area contributed by atoms with Crippen LogP contribution >= 0.6 is 0 Å². The van der Waals surface area contributed by atoms with Crippen LogP contribution in [0.25, 0.3) is 0 Å². The summed E-state index contributed by atoms with van der Waals surface area (Å²) in [5.74, 6) is 0.820. The minimum atomic E-state index is -4.41. The smallest absolute Gasteiger partial charge is 0.416 e. The molecule has 0 radical (unpaired) electrons. The number of furan rings is 1. The third kappa shape index (κ3) is 5.86. The molecule has 1 amide bonds. The molecule has 0 unspecified atom stereocenters. The number of amides is 1. The van der Waals surface area contributed by atoms with Gasteiger partial charge in [-0.15, -0.1) is 0 Å². The number of aromatic nitrogens is 2. The molecule has 1 N–H and O–H groups in total. The molecule has 0 aliphatic heterocycles. The fourth-order valence-electron chi connectivity index (χ4n) is 3.29. The van der Waals surface area contributed by atoms with E-state index in [1.165, 1.54) is 28.7 Å². The summed E-state index contributed by atoms with van der Waals surface area (Å²) in [4.78, 5) is 12.5. The zero-order valence-electron chi connectivity index (χ0n) is 18.3. The number of hydrogen-bond donors (Lipinski definition) is 1. The van der Waals surface area contributed by atoms with Gasteiger partial charge in [0.1, 0.15) is 18.1 Å². The van der Waals surface area contributed by atoms with Gasteiger partial charge in [0.25, 0.3) is 5.91 Å². The highest BCUT2D eigenvalue weighted by molar-refractivity contribution is 6.02. The molecule has 6 nitrogen and oxygen atoms in total. The van der Waals surface area contributed by atoms with Crippen LogP contribution in [-0.2, 0) is 25.7 Å². The molecule has 176 valence electrons. The standard InChI is InChI=1S/C25H22F3N3O3/c1-2-17-6-8-21(9-7-17)33-16-22-10-11-23(34-22)24(32)30-20-13-29-31(15-20)14-18-4-3-5-19(12-18)25(26,27)28/h3-13,15H,2,14,16H2,1H3,(H,30,32). The summed E-state index contributed by atoms with van der Waals surface area (Å²) in [5.41, 5.74) is 1.32. The number of benzene rings is 2. The van der Waals surface area contributed by atoms with Crippen molar-refractivity contribution >= 4 is 11.6 Å². The topological polar surface area (TPSA) is 69.3 Å². The first-order valence-electron chi connectivity index (χ1n) is 10.6. The minimum Gasteiger partial charge on any atom is -0.486 e. The Morgan fingerprint density at radius 2 is 1.88 bits per heavy atom. The zero-order chi connectivity index (χ0) is 24.1. The third-order valence-electron chi connectivity index (χ3n) is 5.09. The van der Waals surface area contributed by atoms with Gasteiger partial charge in [0.15, 0.2) is 5.76 Å². The number of rotatable bonds is 8. The van der Waals surface area contributed by atoms with Crippen molar-refractivity contribution in [2.24, 2.45) is 0 Å². The Morgan fingerprint density at radius 3 is 2.62 bits per heavy atom. The van der Waals surface area contributed by atoms with Gasteiger partial charge in [0, 0.05) is 6.20 Å². The first kappa shape index (κ1) is 23.2. The van der Waals surface area contributed by atoms with Crippen molar-refractivity contribution in [2.75, 3.05) is 5.32 Å². The maximum atomic E-state index is 12.9. The SMILES string of the molecule is CCc1ccc(OCc2ccc(C(=O)Nc3cnn(Cc4cccc(C(F)(F)F)c4)c3)o2)cc1. The van der Waals surface area contributed by atoms with Crippen molar-refractivity contribution in [1.82, 2.24) is 9.78 Å². The molecular formula is C25H22F3N3O3. The van der Waals surface area contributed by atoms with E-state index in [9.17, 15) is 18.0 Å². The number of nitrogens with one attached hydrogen (secondary N) is 1. The second-order valence-electron chi connectivity index (χ2n) is 7.63. The van der Waals surface area contributed by atoms with E-state index in [-0.39, 0.29) is 18.9 Å². The number of carbonyl (C=O) groups is 1. The van der Waals surface area contributed by atoms with Crippen molar-refractivity contribution < 1.29 is 27.1 Å². The molecule has 4 rings (SSSR count). The number of carbonyl (C=O) groups excluding carboxylic acids is 1. The summed E-state index contributed by atoms with van der Waals surface area (Å²) in [7, 11) is 0. The summed E-state index contributed by atoms with van der Waals surface area (Å²) in [5, 5.41) is 6.76. The van der Waals surface area contributed by atoms with Gasteiger partial charge in [-0.25, -0.2) is 0 Å². The predicted octanol–water partition coefficient (Wildman–Crippen LogP) is 5.94. The zero-order valence-corrected chi connectivity index (χ0v) is 18.3. The van der Waals surface area contributed by atoms with Crippen LogP contribution in [0.3, 0.4) is 0 Å². The Balaban J connectivity index is 1.33. The minimum absolute atomic E-state index is 0.102. The number of hydrogen-bond acceptors (Lipinski definition) is 4. The molecule has 0 saturated heterocycles. The Bertz CT molecular complexity index is 1260. The van der Waals surface area contributed by atoms with Gasteiger partial charge in [-0.3, -0.25) is 9.48 Å². The highest BCUT2D eigenvalue weighted by Gasteiger charge is 2.30. The molecule has 9 heteroatoms. The van der Waals surface area contributed by atoms with Crippen molar-refractivity contribution in [1.29, 1.82) is 0 Å². The highest BCUT2D eigenvalue weighted by atomic mass is 19.4. The molecule has 0 spiro atoms. The summed E-state index contributed by atoms with van der Waals surface area (Å²) in [6.45, 7) is 2.38. The summed E-state index contributed by atoms with van der Waals surface area (Å²) >= 11 is 0. The highest BCUT2D eigenvalue weighted by Crippen LogP contribution is 2.29. The molecule has 0 bridgehead atoms. The number of anilines is 1. The largest absolute Gasteiger partial charge is 0.486 e. The molecule has 0 fully saturated rings. The van der Waals surface area contributed by atoms with E-state index in [2.05, 4.69) is 17.3 Å². The molecule has 4 aromatic rings. The molecule has 2 aromatic heterocycles. The quantitative estimate of drug-likeness (QED) is 0.347. The van der Waals surface area contributed by atoms with Crippen molar-refractivity contribution in [3.63, 3.8) is 0 Å². The summed E-state index contributed by atoms with van der Waals surface area (Å²) in [6.07, 6.45) is -0.517. The lowest BCUT2D eigenvalue weighted by molar-refractivity contribution is -0.137. The number of halogens is 3. The van der Waals surface area contributed by atoms with Crippen LogP contribution in [0, 0.1) is 0 Å². The van der Waals surface area contributed by atoms with Gasteiger partial charge in [-0.1, -0.05) is 31.2 Å². The maximum Gasteiger partial charge on any atom is 0.416 e. The van der Waals surface area contributed by atoms with Gasteiger partial charge in [0.05, 0.1) is 24.0 Å². The first-order chi connectivity index (χ1) is 16.3. The number of ether oxygens (including phenoxy) is 1. The number of nitrogens with zero attached hydrogens (tertiary/aromatic N) is 2. The van der Waals surface area contributed by atoms with E-state index in [0.717, 1.165) is 18.6 Å². The average Bonchev–Trinajstić information content (AvgIpc) is 3.47. The normalized spacial score (nSPS) is 11.4. The van der Waals surface area contributed by atoms with Crippen LogP contribution < -0.4 is 10.1 Å². The fraction of sp³-hybridized carbons (Fsp3) is 0.200. The second-order valence-corrected chi connectivity index (χ2v) is 7.63. The number of alkyl halides is 3. The van der Waals surface area contributed by atoms with Gasteiger partial charge >= 0.3 is 6.18 Å². The second kappa shape index (κ2) is 9.86. The lowest BCUT2D eigenvalue weighted by Crippen LogP contribution is -2.10. The first-order valence-corrected chi connectivity index (χ1v) is 10.6. The van der Waals surface area contributed by atoms with E-state index >= 15 is 0 Å². The van der Waals surface area contributed by atoms with Crippen LogP contribution in [0.1, 0.15) is 39.9 Å². The maximum absolute atomic E-state index is 12.9. The molecule has 0 aliphatic rings. The van der Waals surface area contributed by atoms with Crippen molar-refractivity contribution in [3.8, 4) is 5.75 Å². The predicted molar refractivity (Wildman–Crippen MR) is 120 cm³/mol. The summed E-state index contributed by atoms with van der Waals surface area (Å²) < 4.78 is 51.4. The van der Waals surface area contributed by atoms with Crippen molar-refractivity contribution in [3.05, 3.63) is 101 Å². The van der Waals surface area contributed by atoms with E-state index in [1.54, 1.807) is 18.2 Å². The van der Waals surface area contributed by atoms with E-state index in [1.807, 2.05) is 24.3 Å². The van der Waals surface area contributed by atoms with E-state index in [4.69, 9.17) is 9.15 Å². The molecule has 0 atom stereocenters. The van der Waals surface area contributed by atoms with Crippen molar-refractivity contribution in [2.45, 2.75) is 32.7 Å². The molecule has 0 saturated carbocycles. The Morgan fingerprint density at radius 1 is 1.09 bits per heavy atom. The number of aryl methyl sites for hydroxylation is 1. The third-order valence-corrected chi connectivity index (χ3v) is 5.09. The van der Waals surface area contributed by atoms with Gasteiger partial charge in [-0.2, -0.15) is 18.3 Å². The monoisotopic (exact) mass is 469 g/mol. The molecular weight excluding hydrogens is 447 g/mol. The van der Waals surface area contributed by atoms with Gasteiger partial charge in [-0.05, 0) is 53.9 Å². The Hall–Kier alpha value is -4.01. The fourth-order valence-corrected chi connectivity index (χ4v) is 3.29. The van der Waals surface area contributed by atoms with Gasteiger partial charge in [0.2, 0.25) is 0 Å². The average molecular weight is 469 g/mol.